The first-order valence-corrected chi connectivity index (χ1v) is 10.3. The maximum atomic E-state index is 12.8. The Morgan fingerprint density at radius 1 is 1.26 bits per heavy atom. The maximum Gasteiger partial charge on any atom is 0.258 e. The highest BCUT2D eigenvalue weighted by atomic mass is 35.5. The molecular weight excluding hydrogens is 390 g/mol. The number of rotatable bonds is 9. The molecule has 0 saturated carbocycles. The van der Waals surface area contributed by atoms with E-state index in [0.717, 1.165) is 5.56 Å². The van der Waals surface area contributed by atoms with E-state index in [1.165, 1.54) is 22.5 Å². The summed E-state index contributed by atoms with van der Waals surface area (Å²) in [5.41, 5.74) is 0.849. The van der Waals surface area contributed by atoms with Crippen LogP contribution in [0, 0.1) is 0 Å². The largest absolute Gasteiger partial charge is 0.482 e. The summed E-state index contributed by atoms with van der Waals surface area (Å²) in [6, 6.07) is 7.91. The van der Waals surface area contributed by atoms with E-state index in [0.29, 0.717) is 19.6 Å². The highest BCUT2D eigenvalue weighted by Gasteiger charge is 2.26. The summed E-state index contributed by atoms with van der Waals surface area (Å²) >= 11 is 5.97. The Kier molecular flexibility index (Phi) is 7.58. The Balaban J connectivity index is 2.09. The summed E-state index contributed by atoms with van der Waals surface area (Å²) in [7, 11) is -3.77. The molecule has 146 valence electrons. The Hall–Kier alpha value is -2.16. The van der Waals surface area contributed by atoms with Gasteiger partial charge in [-0.2, -0.15) is 4.31 Å². The van der Waals surface area contributed by atoms with Crippen molar-refractivity contribution in [3.63, 3.8) is 0 Å². The molecule has 0 radical (unpaired) electrons. The number of ether oxygens (including phenoxy) is 1. The number of aromatic nitrogens is 1. The fourth-order valence-electron chi connectivity index (χ4n) is 2.40. The third kappa shape index (κ3) is 5.66. The van der Waals surface area contributed by atoms with Crippen molar-refractivity contribution in [1.82, 2.24) is 14.6 Å². The zero-order chi connectivity index (χ0) is 19.9. The molecule has 0 aliphatic rings. The number of halogens is 1. The number of carbonyl (C=O) groups excluding carboxylic acids is 1. The zero-order valence-electron chi connectivity index (χ0n) is 15.2. The number of hydrogen-bond donors (Lipinski definition) is 1. The molecule has 1 heterocycles. The normalized spacial score (nSPS) is 11.4. The summed E-state index contributed by atoms with van der Waals surface area (Å²) in [6.07, 6.45) is 3.29. The molecule has 0 aliphatic heterocycles. The van der Waals surface area contributed by atoms with Gasteiger partial charge in [0.2, 0.25) is 10.0 Å². The predicted molar refractivity (Wildman–Crippen MR) is 103 cm³/mol. The second kappa shape index (κ2) is 9.68. The van der Waals surface area contributed by atoms with Gasteiger partial charge in [-0.15, -0.1) is 0 Å². The van der Waals surface area contributed by atoms with Crippen molar-refractivity contribution in [2.45, 2.75) is 25.3 Å². The third-order valence-electron chi connectivity index (χ3n) is 3.80. The van der Waals surface area contributed by atoms with Gasteiger partial charge in [0.05, 0.1) is 0 Å². The summed E-state index contributed by atoms with van der Waals surface area (Å²) in [5.74, 6) is -0.289. The number of nitrogens with zero attached hydrogens (tertiary/aromatic N) is 2. The lowest BCUT2D eigenvalue weighted by Gasteiger charge is -2.20. The van der Waals surface area contributed by atoms with Gasteiger partial charge in [0, 0.05) is 37.1 Å². The van der Waals surface area contributed by atoms with Crippen LogP contribution in [0.5, 0.6) is 5.75 Å². The van der Waals surface area contributed by atoms with Crippen molar-refractivity contribution in [3.8, 4) is 5.75 Å². The predicted octanol–water partition coefficient (Wildman–Crippen LogP) is 2.46. The molecule has 2 rings (SSSR count). The molecule has 0 atom stereocenters. The first kappa shape index (κ1) is 21.1. The number of amides is 1. The van der Waals surface area contributed by atoms with Crippen LogP contribution in [0.2, 0.25) is 5.02 Å². The van der Waals surface area contributed by atoms with Crippen LogP contribution in [0.25, 0.3) is 0 Å². The van der Waals surface area contributed by atoms with Crippen LogP contribution >= 0.6 is 11.6 Å². The summed E-state index contributed by atoms with van der Waals surface area (Å²) in [5, 5.41) is 2.97. The van der Waals surface area contributed by atoms with E-state index in [2.05, 4.69) is 10.3 Å². The molecule has 7 nitrogen and oxygen atoms in total. The van der Waals surface area contributed by atoms with E-state index >= 15 is 0 Å². The summed E-state index contributed by atoms with van der Waals surface area (Å²) < 4.78 is 32.4. The highest BCUT2D eigenvalue weighted by molar-refractivity contribution is 7.89. The number of carbonyl (C=O) groups is 1. The van der Waals surface area contributed by atoms with Crippen LogP contribution in [0.4, 0.5) is 0 Å². The minimum Gasteiger partial charge on any atom is -0.482 e. The molecule has 1 N–H and O–H groups in total. The highest BCUT2D eigenvalue weighted by Crippen LogP contribution is 2.29. The quantitative estimate of drug-likeness (QED) is 0.684. The van der Waals surface area contributed by atoms with Crippen LogP contribution < -0.4 is 10.1 Å². The van der Waals surface area contributed by atoms with Crippen molar-refractivity contribution in [2.75, 3.05) is 19.7 Å². The van der Waals surface area contributed by atoms with E-state index in [-0.39, 0.29) is 28.2 Å². The van der Waals surface area contributed by atoms with E-state index in [4.69, 9.17) is 16.3 Å². The average molecular weight is 412 g/mol. The number of nitrogens with one attached hydrogen (secondary N) is 1. The Morgan fingerprint density at radius 3 is 2.63 bits per heavy atom. The molecule has 0 unspecified atom stereocenters. The van der Waals surface area contributed by atoms with E-state index < -0.39 is 10.0 Å². The summed E-state index contributed by atoms with van der Waals surface area (Å²) in [4.78, 5) is 15.9. The fraction of sp³-hybridized carbons (Fsp3) is 0.333. The van der Waals surface area contributed by atoms with Crippen LogP contribution in [-0.4, -0.2) is 43.3 Å². The molecule has 0 aliphatic carbocycles. The third-order valence-corrected chi connectivity index (χ3v) is 6.11. The molecule has 1 amide bonds. The second-order valence-electron chi connectivity index (χ2n) is 5.61. The Bertz CT molecular complexity index is 871. The minimum atomic E-state index is -3.77. The molecule has 0 fully saturated rings. The minimum absolute atomic E-state index is 0.0567. The molecule has 1 aromatic carbocycles. The van der Waals surface area contributed by atoms with Gasteiger partial charge >= 0.3 is 0 Å². The lowest BCUT2D eigenvalue weighted by molar-refractivity contribution is -0.123. The van der Waals surface area contributed by atoms with Crippen LogP contribution in [-0.2, 0) is 21.4 Å². The van der Waals surface area contributed by atoms with Gasteiger partial charge in [0.25, 0.3) is 5.91 Å². The molecule has 0 spiro atoms. The van der Waals surface area contributed by atoms with Gasteiger partial charge in [0.1, 0.15) is 10.6 Å². The lowest BCUT2D eigenvalue weighted by Crippen LogP contribution is -2.32. The van der Waals surface area contributed by atoms with Crippen molar-refractivity contribution in [1.29, 1.82) is 0 Å². The molecule has 27 heavy (non-hydrogen) atoms. The van der Waals surface area contributed by atoms with Gasteiger partial charge in [0.15, 0.2) is 6.61 Å². The first-order chi connectivity index (χ1) is 12.9. The van der Waals surface area contributed by atoms with Crippen molar-refractivity contribution in [3.05, 3.63) is 53.3 Å². The van der Waals surface area contributed by atoms with E-state index in [1.807, 2.05) is 6.07 Å². The summed E-state index contributed by atoms with van der Waals surface area (Å²) in [6.45, 7) is 4.12. The standard InChI is InChI=1S/C18H22ClN3O4S/c1-3-22(4-2)27(24,25)17-10-15(19)7-8-16(17)26-13-18(23)21-12-14-6-5-9-20-11-14/h5-11H,3-4,12-13H2,1-2H3,(H,21,23). The second-order valence-corrected chi connectivity index (χ2v) is 7.95. The van der Waals surface area contributed by atoms with Crippen molar-refractivity contribution >= 4 is 27.5 Å². The van der Waals surface area contributed by atoms with Crippen LogP contribution in [0.3, 0.4) is 0 Å². The number of benzene rings is 1. The van der Waals surface area contributed by atoms with Crippen LogP contribution in [0.1, 0.15) is 19.4 Å². The zero-order valence-corrected chi connectivity index (χ0v) is 16.8. The molecule has 0 saturated heterocycles. The van der Waals surface area contributed by atoms with Crippen molar-refractivity contribution in [2.24, 2.45) is 0 Å². The first-order valence-electron chi connectivity index (χ1n) is 8.46. The molecule has 9 heteroatoms. The number of pyridine rings is 1. The smallest absolute Gasteiger partial charge is 0.258 e. The van der Waals surface area contributed by atoms with Crippen LogP contribution in [0.15, 0.2) is 47.6 Å². The van der Waals surface area contributed by atoms with E-state index in [1.54, 1.807) is 32.3 Å². The maximum absolute atomic E-state index is 12.8. The van der Waals surface area contributed by atoms with E-state index in [9.17, 15) is 13.2 Å². The molecule has 2 aromatic rings. The monoisotopic (exact) mass is 411 g/mol. The topological polar surface area (TPSA) is 88.6 Å². The molecule has 0 bridgehead atoms. The number of hydrogen-bond acceptors (Lipinski definition) is 5. The fourth-order valence-corrected chi connectivity index (χ4v) is 4.25. The lowest BCUT2D eigenvalue weighted by atomic mass is 10.3. The van der Waals surface area contributed by atoms with Gasteiger partial charge in [-0.3, -0.25) is 9.78 Å². The van der Waals surface area contributed by atoms with Crippen molar-refractivity contribution < 1.29 is 17.9 Å². The van der Waals surface area contributed by atoms with Gasteiger partial charge in [-0.05, 0) is 29.8 Å². The number of sulfonamides is 1. The Morgan fingerprint density at radius 2 is 2.00 bits per heavy atom. The average Bonchev–Trinajstić information content (AvgIpc) is 2.67. The van der Waals surface area contributed by atoms with Gasteiger partial charge in [-0.1, -0.05) is 31.5 Å². The molecular formula is C18H22ClN3O4S. The Labute approximate surface area is 164 Å². The van der Waals surface area contributed by atoms with Gasteiger partial charge < -0.3 is 10.1 Å². The van der Waals surface area contributed by atoms with Gasteiger partial charge in [-0.25, -0.2) is 8.42 Å². The SMILES string of the molecule is CCN(CC)S(=O)(=O)c1cc(Cl)ccc1OCC(=O)NCc1cccnc1. The molecule has 1 aromatic heterocycles.